The Balaban J connectivity index is 1.11. The molecule has 3 heterocycles. The molecule has 0 N–H and O–H groups in total. The smallest absolute Gasteiger partial charge is 0.277 e. The minimum Gasteiger partial charge on any atom is -0.492 e. The molecule has 40 heavy (non-hydrogen) atoms. The van der Waals surface area contributed by atoms with E-state index < -0.39 is 0 Å². The fourth-order valence-electron chi connectivity index (χ4n) is 4.66. The SMILES string of the molecule is CN1C(=O)/C(=C/c2ccc(OCCN3CCOCC3)cc2)N=C1/C=C/c1ccc(OCCN2CCOCC2)cc1. The van der Waals surface area contributed by atoms with Gasteiger partial charge in [0.25, 0.3) is 5.91 Å². The van der Waals surface area contributed by atoms with Gasteiger partial charge in [0.1, 0.15) is 36.2 Å². The Morgan fingerprint density at radius 2 is 1.25 bits per heavy atom. The summed E-state index contributed by atoms with van der Waals surface area (Å²) in [7, 11) is 1.74. The molecule has 5 rings (SSSR count). The number of amidine groups is 1. The first-order chi connectivity index (χ1) is 19.6. The summed E-state index contributed by atoms with van der Waals surface area (Å²) < 4.78 is 22.5. The highest BCUT2D eigenvalue weighted by Gasteiger charge is 2.25. The number of hydrogen-bond donors (Lipinski definition) is 0. The average Bonchev–Trinajstić information content (AvgIpc) is 3.26. The van der Waals surface area contributed by atoms with Crippen molar-refractivity contribution in [2.45, 2.75) is 0 Å². The van der Waals surface area contributed by atoms with Crippen molar-refractivity contribution in [3.63, 3.8) is 0 Å². The van der Waals surface area contributed by atoms with Crippen molar-refractivity contribution in [3.8, 4) is 11.5 Å². The lowest BCUT2D eigenvalue weighted by Gasteiger charge is -2.26. The molecule has 9 nitrogen and oxygen atoms in total. The van der Waals surface area contributed by atoms with E-state index in [4.69, 9.17) is 18.9 Å². The molecule has 0 aromatic heterocycles. The molecule has 0 spiro atoms. The predicted octanol–water partition coefficient (Wildman–Crippen LogP) is 3.03. The van der Waals surface area contributed by atoms with Gasteiger partial charge in [-0.15, -0.1) is 0 Å². The van der Waals surface area contributed by atoms with E-state index in [2.05, 4.69) is 14.8 Å². The van der Waals surface area contributed by atoms with Gasteiger partial charge >= 0.3 is 0 Å². The predicted molar refractivity (Wildman–Crippen MR) is 156 cm³/mol. The Kier molecular flexibility index (Phi) is 9.97. The Labute approximate surface area is 236 Å². The van der Waals surface area contributed by atoms with Crippen molar-refractivity contribution in [2.24, 2.45) is 4.99 Å². The quantitative estimate of drug-likeness (QED) is 0.401. The molecule has 2 fully saturated rings. The van der Waals surface area contributed by atoms with E-state index in [1.807, 2.05) is 60.7 Å². The lowest BCUT2D eigenvalue weighted by molar-refractivity contribution is -0.121. The highest BCUT2D eigenvalue weighted by atomic mass is 16.5. The van der Waals surface area contributed by atoms with Crippen LogP contribution in [0.3, 0.4) is 0 Å². The summed E-state index contributed by atoms with van der Waals surface area (Å²) in [6, 6.07) is 15.7. The van der Waals surface area contributed by atoms with Crippen LogP contribution in [0.4, 0.5) is 0 Å². The van der Waals surface area contributed by atoms with Crippen LogP contribution in [0.2, 0.25) is 0 Å². The van der Waals surface area contributed by atoms with E-state index in [-0.39, 0.29) is 5.91 Å². The van der Waals surface area contributed by atoms with Crippen LogP contribution in [0.25, 0.3) is 12.2 Å². The minimum atomic E-state index is -0.130. The van der Waals surface area contributed by atoms with Gasteiger partial charge in [0.15, 0.2) is 0 Å². The number of rotatable bonds is 11. The van der Waals surface area contributed by atoms with E-state index in [1.54, 1.807) is 18.0 Å². The molecule has 3 aliphatic rings. The number of ether oxygens (including phenoxy) is 4. The normalized spacial score (nSPS) is 19.9. The third kappa shape index (κ3) is 8.02. The van der Waals surface area contributed by atoms with E-state index in [9.17, 15) is 4.79 Å². The summed E-state index contributed by atoms with van der Waals surface area (Å²) >= 11 is 0. The number of carbonyl (C=O) groups excluding carboxylic acids is 1. The standard InChI is InChI=1S/C31H38N4O5/c1-33-30(11-6-25-2-7-27(8-3-25)39-22-16-34-12-18-37-19-13-34)32-29(31(33)36)24-26-4-9-28(10-5-26)40-23-17-35-14-20-38-21-15-35/h2-11,24H,12-23H2,1H3/b11-6+,29-24-. The van der Waals surface area contributed by atoms with Gasteiger partial charge in [0.05, 0.1) is 26.4 Å². The Hall–Kier alpha value is -3.50. The fraction of sp³-hybridized carbons (Fsp3) is 0.419. The number of carbonyl (C=O) groups is 1. The van der Waals surface area contributed by atoms with Gasteiger partial charge < -0.3 is 18.9 Å². The lowest BCUT2D eigenvalue weighted by Crippen LogP contribution is -2.38. The second-order valence-corrected chi connectivity index (χ2v) is 9.94. The van der Waals surface area contributed by atoms with Gasteiger partial charge in [-0.3, -0.25) is 19.5 Å². The number of nitrogens with zero attached hydrogens (tertiary/aromatic N) is 4. The fourth-order valence-corrected chi connectivity index (χ4v) is 4.66. The molecule has 2 aromatic rings. The van der Waals surface area contributed by atoms with Crippen molar-refractivity contribution in [3.05, 3.63) is 71.4 Å². The summed E-state index contributed by atoms with van der Waals surface area (Å²) in [5, 5.41) is 0. The molecular formula is C31H38N4O5. The molecule has 0 aliphatic carbocycles. The van der Waals surface area contributed by atoms with Crippen LogP contribution < -0.4 is 9.47 Å². The van der Waals surface area contributed by atoms with Crippen LogP contribution in [-0.4, -0.2) is 112 Å². The van der Waals surface area contributed by atoms with Gasteiger partial charge in [-0.2, -0.15) is 0 Å². The Morgan fingerprint density at radius 3 is 1.77 bits per heavy atom. The maximum atomic E-state index is 12.8. The number of amides is 1. The molecule has 212 valence electrons. The van der Waals surface area contributed by atoms with Gasteiger partial charge in [0, 0.05) is 46.3 Å². The van der Waals surface area contributed by atoms with Crippen LogP contribution in [0, 0.1) is 0 Å². The summed E-state index contributed by atoms with van der Waals surface area (Å²) in [6.07, 6.45) is 5.62. The summed E-state index contributed by atoms with van der Waals surface area (Å²) in [6.45, 7) is 10.1. The van der Waals surface area contributed by atoms with Crippen LogP contribution >= 0.6 is 0 Å². The maximum Gasteiger partial charge on any atom is 0.277 e. The third-order valence-corrected chi connectivity index (χ3v) is 7.15. The summed E-state index contributed by atoms with van der Waals surface area (Å²) in [5.74, 6) is 2.13. The average molecular weight is 547 g/mol. The number of hydrogen-bond acceptors (Lipinski definition) is 8. The van der Waals surface area contributed by atoms with Crippen molar-refractivity contribution in [1.29, 1.82) is 0 Å². The first kappa shape index (κ1) is 28.0. The van der Waals surface area contributed by atoms with Gasteiger partial charge in [-0.05, 0) is 47.5 Å². The maximum absolute atomic E-state index is 12.8. The largest absolute Gasteiger partial charge is 0.492 e. The zero-order valence-electron chi connectivity index (χ0n) is 23.2. The van der Waals surface area contributed by atoms with E-state index in [1.165, 1.54) is 0 Å². The van der Waals surface area contributed by atoms with Crippen LogP contribution in [0.1, 0.15) is 11.1 Å². The number of morpholine rings is 2. The number of aliphatic imine (C=N–C) groups is 1. The third-order valence-electron chi connectivity index (χ3n) is 7.15. The second-order valence-electron chi connectivity index (χ2n) is 9.94. The van der Waals surface area contributed by atoms with E-state index >= 15 is 0 Å². The molecule has 0 unspecified atom stereocenters. The molecule has 9 heteroatoms. The Bertz CT molecular complexity index is 1200. The van der Waals surface area contributed by atoms with Crippen molar-refractivity contribution >= 4 is 23.9 Å². The molecule has 3 aliphatic heterocycles. The minimum absolute atomic E-state index is 0.130. The summed E-state index contributed by atoms with van der Waals surface area (Å²) in [4.78, 5) is 23.6. The van der Waals surface area contributed by atoms with Crippen molar-refractivity contribution in [2.75, 3.05) is 86.0 Å². The number of likely N-dealkylation sites (N-methyl/N-ethyl adjacent to an activating group) is 1. The molecule has 0 bridgehead atoms. The molecule has 2 saturated heterocycles. The number of benzene rings is 2. The molecular weight excluding hydrogens is 508 g/mol. The van der Waals surface area contributed by atoms with Gasteiger partial charge in [-0.25, -0.2) is 4.99 Å². The highest BCUT2D eigenvalue weighted by molar-refractivity contribution is 6.18. The lowest BCUT2D eigenvalue weighted by atomic mass is 10.2. The Morgan fingerprint density at radius 1 is 0.750 bits per heavy atom. The van der Waals surface area contributed by atoms with Crippen LogP contribution in [0.5, 0.6) is 11.5 Å². The van der Waals surface area contributed by atoms with Crippen LogP contribution in [0.15, 0.2) is 65.3 Å². The zero-order valence-corrected chi connectivity index (χ0v) is 23.2. The molecule has 1 amide bonds. The first-order valence-corrected chi connectivity index (χ1v) is 14.0. The van der Waals surface area contributed by atoms with E-state index in [0.717, 1.165) is 88.3 Å². The highest BCUT2D eigenvalue weighted by Crippen LogP contribution is 2.21. The van der Waals surface area contributed by atoms with E-state index in [0.29, 0.717) is 24.7 Å². The van der Waals surface area contributed by atoms with Crippen LogP contribution in [-0.2, 0) is 14.3 Å². The van der Waals surface area contributed by atoms with Crippen molar-refractivity contribution < 1.29 is 23.7 Å². The van der Waals surface area contributed by atoms with Gasteiger partial charge in [-0.1, -0.05) is 30.3 Å². The topological polar surface area (TPSA) is 76.1 Å². The molecule has 0 radical (unpaired) electrons. The summed E-state index contributed by atoms with van der Waals surface area (Å²) in [5.41, 5.74) is 2.31. The zero-order chi connectivity index (χ0) is 27.6. The molecule has 2 aromatic carbocycles. The first-order valence-electron chi connectivity index (χ1n) is 14.0. The monoisotopic (exact) mass is 546 g/mol. The molecule has 0 saturated carbocycles. The second kappa shape index (κ2) is 14.2. The molecule has 0 atom stereocenters. The van der Waals surface area contributed by atoms with Crippen molar-refractivity contribution in [1.82, 2.24) is 14.7 Å². The van der Waals surface area contributed by atoms with Gasteiger partial charge in [0.2, 0.25) is 0 Å².